The Balaban J connectivity index is 1.56. The van der Waals surface area contributed by atoms with Gasteiger partial charge in [0.1, 0.15) is 0 Å². The zero-order valence-electron chi connectivity index (χ0n) is 10.6. The number of fused-ring (bicyclic) bond motifs is 1. The van der Waals surface area contributed by atoms with Crippen molar-refractivity contribution in [2.24, 2.45) is 0 Å². The lowest BCUT2D eigenvalue weighted by Gasteiger charge is -2.23. The van der Waals surface area contributed by atoms with Crippen molar-refractivity contribution in [3.8, 4) is 0 Å². The maximum absolute atomic E-state index is 3.69. The second-order valence-corrected chi connectivity index (χ2v) is 5.90. The second-order valence-electron chi connectivity index (χ2n) is 4.99. The predicted octanol–water partition coefficient (Wildman–Crippen LogP) is 2.79. The number of piperidine rings is 1. The first kappa shape index (κ1) is 12.2. The molecule has 3 heteroatoms. The molecule has 2 N–H and O–H groups in total. The summed E-state index contributed by atoms with van der Waals surface area (Å²) in [6.07, 6.45) is 3.68. The Morgan fingerprint density at radius 1 is 1.22 bits per heavy atom. The van der Waals surface area contributed by atoms with Gasteiger partial charge < -0.3 is 10.6 Å². The van der Waals surface area contributed by atoms with Crippen LogP contribution in [0.4, 0.5) is 0 Å². The maximum Gasteiger partial charge on any atom is 0.0345 e. The van der Waals surface area contributed by atoms with Crippen molar-refractivity contribution in [3.63, 3.8) is 0 Å². The summed E-state index contributed by atoms with van der Waals surface area (Å²) in [5, 5.41) is 10.8. The van der Waals surface area contributed by atoms with Gasteiger partial charge in [-0.15, -0.1) is 11.3 Å². The molecule has 3 rings (SSSR count). The average Bonchev–Trinajstić information content (AvgIpc) is 2.84. The lowest BCUT2D eigenvalue weighted by atomic mass is 10.1. The second kappa shape index (κ2) is 5.83. The van der Waals surface area contributed by atoms with Gasteiger partial charge in [0.05, 0.1) is 0 Å². The monoisotopic (exact) mass is 260 g/mol. The minimum absolute atomic E-state index is 0.719. The molecule has 0 aliphatic carbocycles. The minimum Gasteiger partial charge on any atom is -0.317 e. The molecule has 0 spiro atoms. The summed E-state index contributed by atoms with van der Waals surface area (Å²) in [7, 11) is 0. The minimum atomic E-state index is 0.719. The highest BCUT2D eigenvalue weighted by Crippen LogP contribution is 2.25. The van der Waals surface area contributed by atoms with Crippen LogP contribution in [0.3, 0.4) is 0 Å². The molecule has 2 aromatic rings. The number of rotatable bonds is 4. The molecule has 0 atom stereocenters. The Morgan fingerprint density at radius 2 is 2.06 bits per heavy atom. The zero-order chi connectivity index (χ0) is 12.2. The fourth-order valence-electron chi connectivity index (χ4n) is 2.66. The van der Waals surface area contributed by atoms with E-state index in [1.807, 2.05) is 11.3 Å². The first-order chi connectivity index (χ1) is 8.93. The van der Waals surface area contributed by atoms with Gasteiger partial charge in [-0.2, -0.15) is 0 Å². The van der Waals surface area contributed by atoms with Gasteiger partial charge in [0.15, 0.2) is 0 Å². The van der Waals surface area contributed by atoms with Crippen LogP contribution in [-0.2, 0) is 6.42 Å². The normalized spacial score (nSPS) is 17.3. The summed E-state index contributed by atoms with van der Waals surface area (Å²) >= 11 is 1.86. The molecule has 2 heterocycles. The highest BCUT2D eigenvalue weighted by atomic mass is 32.1. The SMILES string of the molecule is c1ccc2c(CCNC3CCNCC3)csc2c1. The van der Waals surface area contributed by atoms with Crippen molar-refractivity contribution in [2.75, 3.05) is 19.6 Å². The van der Waals surface area contributed by atoms with Crippen molar-refractivity contribution in [3.05, 3.63) is 35.2 Å². The smallest absolute Gasteiger partial charge is 0.0345 e. The quantitative estimate of drug-likeness (QED) is 0.883. The third-order valence-corrected chi connectivity index (χ3v) is 4.74. The molecule has 1 fully saturated rings. The van der Waals surface area contributed by atoms with Crippen LogP contribution >= 0.6 is 11.3 Å². The van der Waals surface area contributed by atoms with E-state index in [4.69, 9.17) is 0 Å². The summed E-state index contributed by atoms with van der Waals surface area (Å²) < 4.78 is 1.41. The first-order valence-corrected chi connectivity index (χ1v) is 7.70. The summed E-state index contributed by atoms with van der Waals surface area (Å²) in [6, 6.07) is 9.43. The summed E-state index contributed by atoms with van der Waals surface area (Å²) in [6.45, 7) is 3.43. The average molecular weight is 260 g/mol. The molecular weight excluding hydrogens is 240 g/mol. The van der Waals surface area contributed by atoms with Crippen molar-refractivity contribution >= 4 is 21.4 Å². The number of thiophene rings is 1. The van der Waals surface area contributed by atoms with E-state index in [1.54, 1.807) is 0 Å². The predicted molar refractivity (Wildman–Crippen MR) is 79.4 cm³/mol. The fourth-order valence-corrected chi connectivity index (χ4v) is 3.66. The highest BCUT2D eigenvalue weighted by Gasteiger charge is 2.11. The molecule has 1 aromatic heterocycles. The molecule has 18 heavy (non-hydrogen) atoms. The van der Waals surface area contributed by atoms with Gasteiger partial charge in [0.25, 0.3) is 0 Å². The highest BCUT2D eigenvalue weighted by molar-refractivity contribution is 7.17. The van der Waals surface area contributed by atoms with Crippen LogP contribution in [-0.4, -0.2) is 25.7 Å². The molecule has 1 aromatic carbocycles. The van der Waals surface area contributed by atoms with Crippen LogP contribution in [0.1, 0.15) is 18.4 Å². The third-order valence-electron chi connectivity index (χ3n) is 3.73. The molecule has 1 aliphatic heterocycles. The summed E-state index contributed by atoms with van der Waals surface area (Å²) in [4.78, 5) is 0. The molecule has 2 nitrogen and oxygen atoms in total. The third kappa shape index (κ3) is 2.74. The Morgan fingerprint density at radius 3 is 2.94 bits per heavy atom. The van der Waals surface area contributed by atoms with Crippen LogP contribution in [0, 0.1) is 0 Å². The summed E-state index contributed by atoms with van der Waals surface area (Å²) in [5.74, 6) is 0. The Hall–Kier alpha value is -0.900. The van der Waals surface area contributed by atoms with Crippen LogP contribution in [0.25, 0.3) is 10.1 Å². The molecule has 1 aliphatic rings. The maximum atomic E-state index is 3.69. The van der Waals surface area contributed by atoms with E-state index in [0.29, 0.717) is 0 Å². The van der Waals surface area contributed by atoms with Crippen molar-refractivity contribution in [1.82, 2.24) is 10.6 Å². The van der Waals surface area contributed by atoms with E-state index in [9.17, 15) is 0 Å². The molecule has 96 valence electrons. The van der Waals surface area contributed by atoms with Gasteiger partial charge in [0.2, 0.25) is 0 Å². The van der Waals surface area contributed by atoms with Crippen molar-refractivity contribution in [1.29, 1.82) is 0 Å². The van der Waals surface area contributed by atoms with Gasteiger partial charge in [-0.1, -0.05) is 18.2 Å². The van der Waals surface area contributed by atoms with Crippen LogP contribution in [0.15, 0.2) is 29.6 Å². The largest absolute Gasteiger partial charge is 0.317 e. The van der Waals surface area contributed by atoms with E-state index in [-0.39, 0.29) is 0 Å². The fraction of sp³-hybridized carbons (Fsp3) is 0.467. The number of hydrogen-bond acceptors (Lipinski definition) is 3. The molecule has 1 saturated heterocycles. The van der Waals surface area contributed by atoms with E-state index in [0.717, 1.165) is 19.0 Å². The van der Waals surface area contributed by atoms with E-state index >= 15 is 0 Å². The topological polar surface area (TPSA) is 24.1 Å². The molecule has 0 radical (unpaired) electrons. The van der Waals surface area contributed by atoms with Gasteiger partial charge in [-0.3, -0.25) is 0 Å². The molecule has 0 amide bonds. The van der Waals surface area contributed by atoms with E-state index in [2.05, 4.69) is 40.3 Å². The van der Waals surface area contributed by atoms with Crippen LogP contribution < -0.4 is 10.6 Å². The van der Waals surface area contributed by atoms with Crippen molar-refractivity contribution < 1.29 is 0 Å². The number of nitrogens with one attached hydrogen (secondary N) is 2. The summed E-state index contributed by atoms with van der Waals surface area (Å²) in [5.41, 5.74) is 1.50. The molecule has 0 unspecified atom stereocenters. The van der Waals surface area contributed by atoms with Gasteiger partial charge in [-0.05, 0) is 61.3 Å². The number of benzene rings is 1. The number of hydrogen-bond donors (Lipinski definition) is 2. The van der Waals surface area contributed by atoms with Crippen LogP contribution in [0.2, 0.25) is 0 Å². The lowest BCUT2D eigenvalue weighted by molar-refractivity contribution is 0.390. The molecule has 0 saturated carbocycles. The van der Waals surface area contributed by atoms with Gasteiger partial charge >= 0.3 is 0 Å². The lowest BCUT2D eigenvalue weighted by Crippen LogP contribution is -2.40. The Kier molecular flexibility index (Phi) is 3.93. The van der Waals surface area contributed by atoms with E-state index in [1.165, 1.54) is 41.6 Å². The zero-order valence-corrected chi connectivity index (χ0v) is 11.4. The molecule has 0 bridgehead atoms. The Bertz CT molecular complexity index is 500. The molecular formula is C15H20N2S. The standard InChI is InChI=1S/C15H20N2S/c1-2-4-15-14(3-1)12(11-18-15)5-10-17-13-6-8-16-9-7-13/h1-4,11,13,16-17H,5-10H2. The Labute approximate surface area is 112 Å². The van der Waals surface area contributed by atoms with Crippen LogP contribution in [0.5, 0.6) is 0 Å². The van der Waals surface area contributed by atoms with E-state index < -0.39 is 0 Å². The van der Waals surface area contributed by atoms with Gasteiger partial charge in [0, 0.05) is 10.7 Å². The van der Waals surface area contributed by atoms with Crippen molar-refractivity contribution in [2.45, 2.75) is 25.3 Å². The van der Waals surface area contributed by atoms with Gasteiger partial charge in [-0.25, -0.2) is 0 Å². The first-order valence-electron chi connectivity index (χ1n) is 6.83.